The Labute approximate surface area is 103 Å². The highest BCUT2D eigenvalue weighted by Gasteiger charge is 2.12. The van der Waals surface area contributed by atoms with Crippen LogP contribution in [0.2, 0.25) is 0 Å². The number of piperazine rings is 1. The summed E-state index contributed by atoms with van der Waals surface area (Å²) >= 11 is 0. The normalized spacial score (nSPS) is 18.4. The van der Waals surface area contributed by atoms with Crippen LogP contribution in [0.5, 0.6) is 0 Å². The maximum absolute atomic E-state index is 5.75. The van der Waals surface area contributed by atoms with Gasteiger partial charge in [-0.2, -0.15) is 0 Å². The van der Waals surface area contributed by atoms with Crippen molar-refractivity contribution in [2.75, 3.05) is 45.5 Å². The first-order valence-corrected chi connectivity index (χ1v) is 6.25. The zero-order valence-corrected chi connectivity index (χ0v) is 10.5. The van der Waals surface area contributed by atoms with Crippen LogP contribution < -0.4 is 11.2 Å². The fourth-order valence-corrected chi connectivity index (χ4v) is 2.07. The molecule has 0 saturated carbocycles. The van der Waals surface area contributed by atoms with E-state index in [1.54, 1.807) is 0 Å². The second kappa shape index (κ2) is 6.00. The number of hydrazine groups is 1. The third-order valence-electron chi connectivity index (χ3n) is 3.20. The molecule has 0 spiro atoms. The van der Waals surface area contributed by atoms with Crippen LogP contribution in [0.15, 0.2) is 24.3 Å². The predicted octanol–water partition coefficient (Wildman–Crippen LogP) is 0.563. The summed E-state index contributed by atoms with van der Waals surface area (Å²) < 4.78 is 0. The number of hydrogen-bond donors (Lipinski definition) is 2. The Morgan fingerprint density at radius 1 is 1.24 bits per heavy atom. The van der Waals surface area contributed by atoms with E-state index in [1.807, 2.05) is 18.2 Å². The molecule has 0 amide bonds. The fourth-order valence-electron chi connectivity index (χ4n) is 2.07. The number of nitrogens with two attached hydrogens (primary N) is 1. The second-order valence-corrected chi connectivity index (χ2v) is 4.69. The molecule has 4 heteroatoms. The molecular formula is C13H22N4. The van der Waals surface area contributed by atoms with E-state index in [-0.39, 0.29) is 0 Å². The molecule has 17 heavy (non-hydrogen) atoms. The Balaban J connectivity index is 1.69. The number of nitrogens with one attached hydrogen (secondary N) is 1. The van der Waals surface area contributed by atoms with E-state index < -0.39 is 0 Å². The smallest absolute Gasteiger partial charge is 0.0316 e. The minimum absolute atomic E-state index is 0.849. The maximum atomic E-state index is 5.75. The maximum Gasteiger partial charge on any atom is 0.0316 e. The molecule has 1 heterocycles. The summed E-state index contributed by atoms with van der Waals surface area (Å²) in [5.74, 6) is 0. The first kappa shape index (κ1) is 12.4. The van der Waals surface area contributed by atoms with Gasteiger partial charge in [0, 0.05) is 38.4 Å². The van der Waals surface area contributed by atoms with Crippen molar-refractivity contribution in [3.8, 4) is 0 Å². The quantitative estimate of drug-likeness (QED) is 0.747. The van der Waals surface area contributed by atoms with Crippen molar-refractivity contribution < 1.29 is 0 Å². The van der Waals surface area contributed by atoms with Gasteiger partial charge in [-0.25, -0.2) is 5.01 Å². The third-order valence-corrected chi connectivity index (χ3v) is 3.20. The van der Waals surface area contributed by atoms with Crippen LogP contribution in [0.4, 0.5) is 5.69 Å². The van der Waals surface area contributed by atoms with E-state index in [4.69, 9.17) is 5.73 Å². The van der Waals surface area contributed by atoms with Crippen LogP contribution >= 0.6 is 0 Å². The average Bonchev–Trinajstić information content (AvgIpc) is 2.32. The number of nitrogens with zero attached hydrogens (tertiary/aromatic N) is 2. The molecule has 0 aliphatic carbocycles. The monoisotopic (exact) mass is 234 g/mol. The van der Waals surface area contributed by atoms with Gasteiger partial charge in [-0.1, -0.05) is 12.1 Å². The molecule has 1 saturated heterocycles. The zero-order valence-electron chi connectivity index (χ0n) is 10.5. The zero-order chi connectivity index (χ0) is 12.1. The molecule has 0 radical (unpaired) electrons. The summed E-state index contributed by atoms with van der Waals surface area (Å²) in [6.07, 6.45) is 1.03. The summed E-state index contributed by atoms with van der Waals surface area (Å²) in [5, 5.41) is 2.31. The SMILES string of the molecule is CN1CCN(NCCc2cccc(N)c2)CC1. The molecule has 2 rings (SSSR count). The van der Waals surface area contributed by atoms with Crippen molar-refractivity contribution in [1.29, 1.82) is 0 Å². The van der Waals surface area contributed by atoms with E-state index >= 15 is 0 Å². The average molecular weight is 234 g/mol. The van der Waals surface area contributed by atoms with Crippen molar-refractivity contribution in [3.05, 3.63) is 29.8 Å². The second-order valence-electron chi connectivity index (χ2n) is 4.69. The van der Waals surface area contributed by atoms with Crippen LogP contribution in [-0.4, -0.2) is 49.7 Å². The highest BCUT2D eigenvalue weighted by Crippen LogP contribution is 2.06. The number of benzene rings is 1. The molecule has 0 aromatic heterocycles. The number of likely N-dealkylation sites (N-methyl/N-ethyl adjacent to an activating group) is 1. The minimum Gasteiger partial charge on any atom is -0.399 e. The molecule has 0 unspecified atom stereocenters. The highest BCUT2D eigenvalue weighted by molar-refractivity contribution is 5.40. The summed E-state index contributed by atoms with van der Waals surface area (Å²) in [5.41, 5.74) is 11.4. The lowest BCUT2D eigenvalue weighted by molar-refractivity contribution is 0.105. The highest BCUT2D eigenvalue weighted by atomic mass is 15.5. The van der Waals surface area contributed by atoms with Crippen molar-refractivity contribution >= 4 is 5.69 Å². The molecule has 3 N–H and O–H groups in total. The Kier molecular flexibility index (Phi) is 4.36. The van der Waals surface area contributed by atoms with Crippen LogP contribution in [0, 0.1) is 0 Å². The van der Waals surface area contributed by atoms with Gasteiger partial charge in [-0.3, -0.25) is 5.43 Å². The van der Waals surface area contributed by atoms with Crippen LogP contribution in [0.3, 0.4) is 0 Å². The van der Waals surface area contributed by atoms with Gasteiger partial charge in [0.15, 0.2) is 0 Å². The Morgan fingerprint density at radius 2 is 2.00 bits per heavy atom. The van der Waals surface area contributed by atoms with Gasteiger partial charge in [0.2, 0.25) is 0 Å². The minimum atomic E-state index is 0.849. The molecule has 0 bridgehead atoms. The van der Waals surface area contributed by atoms with Crippen molar-refractivity contribution in [3.63, 3.8) is 0 Å². The van der Waals surface area contributed by atoms with E-state index in [2.05, 4.69) is 28.4 Å². The Morgan fingerprint density at radius 3 is 2.71 bits per heavy atom. The van der Waals surface area contributed by atoms with E-state index in [0.717, 1.165) is 44.8 Å². The molecule has 1 aromatic carbocycles. The van der Waals surface area contributed by atoms with Crippen LogP contribution in [0.25, 0.3) is 0 Å². The third kappa shape index (κ3) is 4.00. The summed E-state index contributed by atoms with van der Waals surface area (Å²) in [6, 6.07) is 8.12. The lowest BCUT2D eigenvalue weighted by atomic mass is 10.1. The topological polar surface area (TPSA) is 44.5 Å². The lowest BCUT2D eigenvalue weighted by Gasteiger charge is -2.32. The van der Waals surface area contributed by atoms with E-state index in [9.17, 15) is 0 Å². The number of hydrogen-bond acceptors (Lipinski definition) is 4. The molecular weight excluding hydrogens is 212 g/mol. The van der Waals surface area contributed by atoms with Gasteiger partial charge in [-0.05, 0) is 31.2 Å². The molecule has 1 aliphatic rings. The fraction of sp³-hybridized carbons (Fsp3) is 0.538. The van der Waals surface area contributed by atoms with Gasteiger partial charge >= 0.3 is 0 Å². The molecule has 1 aliphatic heterocycles. The summed E-state index contributed by atoms with van der Waals surface area (Å²) in [7, 11) is 2.17. The first-order valence-electron chi connectivity index (χ1n) is 6.25. The molecule has 94 valence electrons. The Bertz CT molecular complexity index is 345. The largest absolute Gasteiger partial charge is 0.399 e. The number of rotatable bonds is 4. The van der Waals surface area contributed by atoms with Gasteiger partial charge in [-0.15, -0.1) is 0 Å². The van der Waals surface area contributed by atoms with Gasteiger partial charge in [0.1, 0.15) is 0 Å². The summed E-state index contributed by atoms with van der Waals surface area (Å²) in [4.78, 5) is 2.36. The Hall–Kier alpha value is -1.10. The van der Waals surface area contributed by atoms with Crippen molar-refractivity contribution in [2.45, 2.75) is 6.42 Å². The van der Waals surface area contributed by atoms with Crippen molar-refractivity contribution in [2.24, 2.45) is 0 Å². The first-order chi connectivity index (χ1) is 8.24. The molecule has 0 atom stereocenters. The summed E-state index contributed by atoms with van der Waals surface area (Å²) in [6.45, 7) is 5.48. The van der Waals surface area contributed by atoms with Gasteiger partial charge < -0.3 is 10.6 Å². The van der Waals surface area contributed by atoms with Crippen LogP contribution in [0.1, 0.15) is 5.56 Å². The number of nitrogen functional groups attached to an aromatic ring is 1. The molecule has 1 aromatic rings. The molecule has 4 nitrogen and oxygen atoms in total. The van der Waals surface area contributed by atoms with E-state index in [0.29, 0.717) is 0 Å². The predicted molar refractivity (Wildman–Crippen MR) is 71.6 cm³/mol. The van der Waals surface area contributed by atoms with Crippen LogP contribution in [-0.2, 0) is 6.42 Å². The number of anilines is 1. The lowest BCUT2D eigenvalue weighted by Crippen LogP contribution is -2.51. The van der Waals surface area contributed by atoms with E-state index in [1.165, 1.54) is 5.56 Å². The van der Waals surface area contributed by atoms with Crippen molar-refractivity contribution in [1.82, 2.24) is 15.3 Å². The van der Waals surface area contributed by atoms with Gasteiger partial charge in [0.05, 0.1) is 0 Å². The molecule has 1 fully saturated rings. The van der Waals surface area contributed by atoms with Gasteiger partial charge in [0.25, 0.3) is 0 Å². The standard InChI is InChI=1S/C13H22N4/c1-16-7-9-17(10-8-16)15-6-5-12-3-2-4-13(14)11-12/h2-4,11,15H,5-10,14H2,1H3.